The standard InChI is InChI=1S/C11H15BrClN3O/c1-7(2)4-14-10(17)6-16-11-9(13)3-8(12)5-15-11/h3,5,7H,4,6H2,1-2H3,(H,14,17)(H,15,16). The van der Waals surface area contributed by atoms with Crippen LogP contribution >= 0.6 is 27.5 Å². The predicted octanol–water partition coefficient (Wildman–Crippen LogP) is 2.68. The molecule has 1 heterocycles. The molecule has 94 valence electrons. The molecule has 17 heavy (non-hydrogen) atoms. The lowest BCUT2D eigenvalue weighted by molar-refractivity contribution is -0.119. The highest BCUT2D eigenvalue weighted by molar-refractivity contribution is 9.10. The SMILES string of the molecule is CC(C)CNC(=O)CNc1ncc(Br)cc1Cl. The van der Waals surface area contributed by atoms with Gasteiger partial charge in [-0.25, -0.2) is 4.98 Å². The third-order valence-electron chi connectivity index (χ3n) is 1.93. The van der Waals surface area contributed by atoms with E-state index in [1.165, 1.54) is 0 Å². The molecular formula is C11H15BrClN3O. The molecule has 0 saturated carbocycles. The van der Waals surface area contributed by atoms with Gasteiger partial charge in [-0.1, -0.05) is 25.4 Å². The van der Waals surface area contributed by atoms with Crippen LogP contribution in [-0.4, -0.2) is 24.0 Å². The molecular weight excluding hydrogens is 305 g/mol. The second-order valence-corrected chi connectivity index (χ2v) is 5.36. The maximum Gasteiger partial charge on any atom is 0.239 e. The third-order valence-corrected chi connectivity index (χ3v) is 2.65. The van der Waals surface area contributed by atoms with E-state index in [4.69, 9.17) is 11.6 Å². The van der Waals surface area contributed by atoms with Crippen LogP contribution in [-0.2, 0) is 4.79 Å². The summed E-state index contributed by atoms with van der Waals surface area (Å²) >= 11 is 9.22. The van der Waals surface area contributed by atoms with Crippen molar-refractivity contribution in [2.24, 2.45) is 5.92 Å². The minimum Gasteiger partial charge on any atom is -0.360 e. The minimum absolute atomic E-state index is 0.0699. The van der Waals surface area contributed by atoms with E-state index in [2.05, 4.69) is 31.5 Å². The normalized spacial score (nSPS) is 10.4. The van der Waals surface area contributed by atoms with Gasteiger partial charge in [0.1, 0.15) is 5.82 Å². The van der Waals surface area contributed by atoms with E-state index in [0.717, 1.165) is 4.47 Å². The van der Waals surface area contributed by atoms with Gasteiger partial charge in [-0.15, -0.1) is 0 Å². The fourth-order valence-corrected chi connectivity index (χ4v) is 1.79. The summed E-state index contributed by atoms with van der Waals surface area (Å²) < 4.78 is 0.803. The molecule has 1 aromatic heterocycles. The van der Waals surface area contributed by atoms with Crippen LogP contribution in [0.1, 0.15) is 13.8 Å². The first-order valence-corrected chi connectivity index (χ1v) is 6.47. The zero-order chi connectivity index (χ0) is 12.8. The Morgan fingerprint density at radius 3 is 2.88 bits per heavy atom. The molecule has 0 bridgehead atoms. The molecule has 4 nitrogen and oxygen atoms in total. The van der Waals surface area contributed by atoms with E-state index in [0.29, 0.717) is 23.3 Å². The van der Waals surface area contributed by atoms with Crippen molar-refractivity contribution in [1.29, 1.82) is 0 Å². The number of carbonyl (C=O) groups excluding carboxylic acids is 1. The number of rotatable bonds is 5. The number of pyridine rings is 1. The Bertz CT molecular complexity index is 398. The van der Waals surface area contributed by atoms with Gasteiger partial charge in [0.25, 0.3) is 0 Å². The molecule has 2 N–H and O–H groups in total. The van der Waals surface area contributed by atoms with E-state index in [1.807, 2.05) is 13.8 Å². The molecule has 1 aromatic rings. The summed E-state index contributed by atoms with van der Waals surface area (Å²) in [5.74, 6) is 0.877. The molecule has 0 aromatic carbocycles. The van der Waals surface area contributed by atoms with Gasteiger partial charge in [0.15, 0.2) is 0 Å². The average molecular weight is 321 g/mol. The Balaban J connectivity index is 2.42. The average Bonchev–Trinajstić information content (AvgIpc) is 2.25. The van der Waals surface area contributed by atoms with Gasteiger partial charge in [-0.05, 0) is 27.9 Å². The number of hydrogen-bond acceptors (Lipinski definition) is 3. The van der Waals surface area contributed by atoms with Gasteiger partial charge in [0.2, 0.25) is 5.91 Å². The summed E-state index contributed by atoms with van der Waals surface area (Å²) in [6.07, 6.45) is 1.63. The molecule has 0 fully saturated rings. The number of amides is 1. The van der Waals surface area contributed by atoms with Crippen molar-refractivity contribution in [3.05, 3.63) is 21.8 Å². The van der Waals surface area contributed by atoms with Crippen molar-refractivity contribution in [1.82, 2.24) is 10.3 Å². The first kappa shape index (κ1) is 14.3. The van der Waals surface area contributed by atoms with Crippen LogP contribution in [0.4, 0.5) is 5.82 Å². The number of hydrogen-bond donors (Lipinski definition) is 2. The Hall–Kier alpha value is -0.810. The van der Waals surface area contributed by atoms with Gasteiger partial charge in [-0.2, -0.15) is 0 Å². The number of anilines is 1. The lowest BCUT2D eigenvalue weighted by atomic mass is 10.2. The number of nitrogens with zero attached hydrogens (tertiary/aromatic N) is 1. The summed E-state index contributed by atoms with van der Waals surface area (Å²) in [6, 6.07) is 1.73. The highest BCUT2D eigenvalue weighted by Crippen LogP contribution is 2.22. The molecule has 0 aliphatic carbocycles. The predicted molar refractivity (Wildman–Crippen MR) is 73.3 cm³/mol. The number of aromatic nitrogens is 1. The van der Waals surface area contributed by atoms with E-state index < -0.39 is 0 Å². The lowest BCUT2D eigenvalue weighted by Gasteiger charge is -2.09. The smallest absolute Gasteiger partial charge is 0.239 e. The van der Waals surface area contributed by atoms with E-state index in [1.54, 1.807) is 12.3 Å². The van der Waals surface area contributed by atoms with E-state index >= 15 is 0 Å². The molecule has 0 saturated heterocycles. The van der Waals surface area contributed by atoms with Gasteiger partial charge < -0.3 is 10.6 Å². The van der Waals surface area contributed by atoms with Crippen LogP contribution in [0.5, 0.6) is 0 Å². The quantitative estimate of drug-likeness (QED) is 0.877. The van der Waals surface area contributed by atoms with E-state index in [9.17, 15) is 4.79 Å². The van der Waals surface area contributed by atoms with Gasteiger partial charge in [-0.3, -0.25) is 4.79 Å². The van der Waals surface area contributed by atoms with Crippen LogP contribution in [0.25, 0.3) is 0 Å². The maximum absolute atomic E-state index is 11.4. The van der Waals surface area contributed by atoms with Crippen LogP contribution in [0, 0.1) is 5.92 Å². The molecule has 6 heteroatoms. The highest BCUT2D eigenvalue weighted by Gasteiger charge is 2.05. The molecule has 0 aliphatic heterocycles. The first-order chi connectivity index (χ1) is 7.99. The van der Waals surface area contributed by atoms with Crippen LogP contribution in [0.3, 0.4) is 0 Å². The van der Waals surface area contributed by atoms with Gasteiger partial charge in [0, 0.05) is 17.2 Å². The molecule has 0 radical (unpaired) electrons. The van der Waals surface area contributed by atoms with Crippen molar-refractivity contribution >= 4 is 39.3 Å². The summed E-state index contributed by atoms with van der Waals surface area (Å²) in [5.41, 5.74) is 0. The van der Waals surface area contributed by atoms with Crippen LogP contribution < -0.4 is 10.6 Å². The molecule has 1 rings (SSSR count). The number of nitrogens with one attached hydrogen (secondary N) is 2. The van der Waals surface area contributed by atoms with Gasteiger partial charge >= 0.3 is 0 Å². The Morgan fingerprint density at radius 1 is 1.59 bits per heavy atom. The number of halogens is 2. The largest absolute Gasteiger partial charge is 0.360 e. The zero-order valence-electron chi connectivity index (χ0n) is 9.76. The summed E-state index contributed by atoms with van der Waals surface area (Å²) in [7, 11) is 0. The van der Waals surface area contributed by atoms with Crippen molar-refractivity contribution in [3.63, 3.8) is 0 Å². The zero-order valence-corrected chi connectivity index (χ0v) is 12.1. The molecule has 1 amide bonds. The Morgan fingerprint density at radius 2 is 2.29 bits per heavy atom. The highest BCUT2D eigenvalue weighted by atomic mass is 79.9. The first-order valence-electron chi connectivity index (χ1n) is 5.30. The molecule has 0 aliphatic rings. The van der Waals surface area contributed by atoms with Crippen LogP contribution in [0.2, 0.25) is 5.02 Å². The second kappa shape index (κ2) is 6.81. The Labute approximate surface area is 114 Å². The Kier molecular flexibility index (Phi) is 5.71. The fourth-order valence-electron chi connectivity index (χ4n) is 1.09. The second-order valence-electron chi connectivity index (χ2n) is 4.04. The molecule has 0 atom stereocenters. The minimum atomic E-state index is -0.0699. The maximum atomic E-state index is 11.4. The lowest BCUT2D eigenvalue weighted by Crippen LogP contribution is -2.32. The van der Waals surface area contributed by atoms with Crippen molar-refractivity contribution in [3.8, 4) is 0 Å². The summed E-state index contributed by atoms with van der Waals surface area (Å²) in [6.45, 7) is 4.92. The molecule has 0 spiro atoms. The summed E-state index contributed by atoms with van der Waals surface area (Å²) in [5, 5.41) is 6.17. The van der Waals surface area contributed by atoms with Crippen molar-refractivity contribution < 1.29 is 4.79 Å². The topological polar surface area (TPSA) is 54.0 Å². The van der Waals surface area contributed by atoms with Gasteiger partial charge in [0.05, 0.1) is 11.6 Å². The molecule has 0 unspecified atom stereocenters. The van der Waals surface area contributed by atoms with E-state index in [-0.39, 0.29) is 12.5 Å². The van der Waals surface area contributed by atoms with Crippen molar-refractivity contribution in [2.45, 2.75) is 13.8 Å². The summed E-state index contributed by atoms with van der Waals surface area (Å²) in [4.78, 5) is 15.5. The fraction of sp³-hybridized carbons (Fsp3) is 0.455. The monoisotopic (exact) mass is 319 g/mol. The third kappa shape index (κ3) is 5.37. The van der Waals surface area contributed by atoms with Crippen molar-refractivity contribution in [2.75, 3.05) is 18.4 Å². The number of carbonyl (C=O) groups is 1. The van der Waals surface area contributed by atoms with Crippen LogP contribution in [0.15, 0.2) is 16.7 Å².